The Morgan fingerprint density at radius 3 is 1.84 bits per heavy atom. The Morgan fingerprint density at radius 2 is 1.22 bits per heavy atom. The van der Waals surface area contributed by atoms with Crippen LogP contribution in [0.3, 0.4) is 0 Å². The maximum Gasteiger partial charge on any atom is -0.0241 e. The molecular formula is C32H52. The molecule has 0 spiro atoms. The van der Waals surface area contributed by atoms with Crippen LogP contribution in [-0.4, -0.2) is 0 Å². The fourth-order valence-electron chi connectivity index (χ4n) is 6.14. The molecular weight excluding hydrogens is 384 g/mol. The van der Waals surface area contributed by atoms with Crippen LogP contribution in [0.5, 0.6) is 0 Å². The third-order valence-corrected chi connectivity index (χ3v) is 8.61. The summed E-state index contributed by atoms with van der Waals surface area (Å²) in [5, 5.41) is 0. The minimum Gasteiger partial charge on any atom is -0.0850 e. The van der Waals surface area contributed by atoms with Crippen molar-refractivity contribution < 1.29 is 0 Å². The van der Waals surface area contributed by atoms with Crippen LogP contribution in [-0.2, 0) is 12.8 Å². The highest BCUT2D eigenvalue weighted by atomic mass is 14.3. The number of allylic oxidation sites excluding steroid dienone is 2. The molecule has 1 aromatic carbocycles. The van der Waals surface area contributed by atoms with Crippen molar-refractivity contribution in [1.82, 2.24) is 0 Å². The summed E-state index contributed by atoms with van der Waals surface area (Å²) in [7, 11) is 0. The number of rotatable bonds is 14. The van der Waals surface area contributed by atoms with E-state index in [0.29, 0.717) is 0 Å². The number of unbranched alkanes of at least 4 members (excludes halogenated alkanes) is 4. The van der Waals surface area contributed by atoms with E-state index in [2.05, 4.69) is 44.2 Å². The van der Waals surface area contributed by atoms with Crippen molar-refractivity contribution in [3.05, 3.63) is 47.0 Å². The number of benzene rings is 1. The normalized spacial score (nSPS) is 23.8. The zero-order valence-electron chi connectivity index (χ0n) is 21.6. The van der Waals surface area contributed by atoms with Crippen molar-refractivity contribution >= 4 is 0 Å². The first kappa shape index (κ1) is 25.6. The molecule has 180 valence electrons. The molecule has 0 heteroatoms. The van der Waals surface area contributed by atoms with Gasteiger partial charge in [0.2, 0.25) is 0 Å². The molecule has 0 nitrogen and oxygen atoms in total. The highest BCUT2D eigenvalue weighted by Gasteiger charge is 2.22. The fraction of sp³-hybridized carbons (Fsp3) is 0.750. The largest absolute Gasteiger partial charge is 0.0850 e. The van der Waals surface area contributed by atoms with Crippen LogP contribution < -0.4 is 0 Å². The average molecular weight is 437 g/mol. The molecule has 1 saturated carbocycles. The number of hydrogen-bond donors (Lipinski definition) is 0. The maximum atomic E-state index is 2.62. The van der Waals surface area contributed by atoms with Crippen LogP contribution in [0.15, 0.2) is 35.9 Å². The summed E-state index contributed by atoms with van der Waals surface area (Å²) >= 11 is 0. The number of hydrogen-bond acceptors (Lipinski definition) is 0. The van der Waals surface area contributed by atoms with Gasteiger partial charge in [-0.05, 0) is 80.2 Å². The summed E-state index contributed by atoms with van der Waals surface area (Å²) in [5.41, 5.74) is 4.79. The summed E-state index contributed by atoms with van der Waals surface area (Å²) in [5.74, 6) is 3.09. The fourth-order valence-corrected chi connectivity index (χ4v) is 6.14. The Hall–Kier alpha value is -1.04. The Kier molecular flexibility index (Phi) is 12.0. The molecule has 2 aliphatic rings. The molecule has 1 atom stereocenters. The lowest BCUT2D eigenvalue weighted by molar-refractivity contribution is 0.235. The molecule has 0 N–H and O–H groups in total. The molecule has 0 radical (unpaired) electrons. The van der Waals surface area contributed by atoms with E-state index in [0.717, 1.165) is 17.8 Å². The van der Waals surface area contributed by atoms with Gasteiger partial charge in [-0.2, -0.15) is 0 Å². The van der Waals surface area contributed by atoms with Crippen molar-refractivity contribution in [2.24, 2.45) is 17.8 Å². The SMILES string of the molecule is CCCCCCc1ccc(CCC2=CCC(CCC3CCC(CCCC)CC3)CC2)cc1. The van der Waals surface area contributed by atoms with Crippen molar-refractivity contribution in [2.75, 3.05) is 0 Å². The standard InChI is InChI=1S/C32H52/c1-3-5-7-8-10-28-13-17-30(18-14-28)20-22-32-25-23-31(24-26-32)21-19-29-15-11-27(12-16-29)9-6-4-2/h13-14,17-18,25,27,29,31H,3-12,15-16,19-24,26H2,1-2H3. The van der Waals surface area contributed by atoms with Gasteiger partial charge in [0.15, 0.2) is 0 Å². The van der Waals surface area contributed by atoms with E-state index in [1.54, 1.807) is 5.57 Å². The molecule has 2 aliphatic carbocycles. The smallest absolute Gasteiger partial charge is 0.0241 e. The van der Waals surface area contributed by atoms with Gasteiger partial charge in [-0.15, -0.1) is 0 Å². The Labute approximate surface area is 200 Å². The molecule has 32 heavy (non-hydrogen) atoms. The van der Waals surface area contributed by atoms with E-state index >= 15 is 0 Å². The van der Waals surface area contributed by atoms with Crippen LogP contribution in [0.2, 0.25) is 0 Å². The predicted octanol–water partition coefficient (Wildman–Crippen LogP) is 10.2. The van der Waals surface area contributed by atoms with E-state index < -0.39 is 0 Å². The monoisotopic (exact) mass is 436 g/mol. The van der Waals surface area contributed by atoms with Crippen LogP contribution in [0.4, 0.5) is 0 Å². The van der Waals surface area contributed by atoms with Crippen LogP contribution in [0.25, 0.3) is 0 Å². The number of aryl methyl sites for hydroxylation is 2. The minimum atomic E-state index is 0.976. The summed E-state index contributed by atoms with van der Waals surface area (Å²) in [6.07, 6.45) is 29.5. The van der Waals surface area contributed by atoms with Gasteiger partial charge < -0.3 is 0 Å². The van der Waals surface area contributed by atoms with E-state index in [1.807, 2.05) is 0 Å². The third kappa shape index (κ3) is 9.44. The van der Waals surface area contributed by atoms with E-state index in [9.17, 15) is 0 Å². The molecule has 0 heterocycles. The molecule has 0 aliphatic heterocycles. The maximum absolute atomic E-state index is 2.62. The van der Waals surface area contributed by atoms with E-state index in [1.165, 1.54) is 133 Å². The second-order valence-electron chi connectivity index (χ2n) is 11.2. The molecule has 0 aromatic heterocycles. The van der Waals surface area contributed by atoms with E-state index in [4.69, 9.17) is 0 Å². The lowest BCUT2D eigenvalue weighted by atomic mass is 9.76. The van der Waals surface area contributed by atoms with Gasteiger partial charge in [0, 0.05) is 0 Å². The van der Waals surface area contributed by atoms with Gasteiger partial charge in [-0.1, -0.05) is 120 Å². The first-order valence-electron chi connectivity index (χ1n) is 14.5. The van der Waals surface area contributed by atoms with Gasteiger partial charge in [-0.25, -0.2) is 0 Å². The van der Waals surface area contributed by atoms with Crippen LogP contribution in [0.1, 0.15) is 134 Å². The first-order chi connectivity index (χ1) is 15.8. The summed E-state index contributed by atoms with van der Waals surface area (Å²) in [4.78, 5) is 0. The van der Waals surface area contributed by atoms with Gasteiger partial charge in [0.1, 0.15) is 0 Å². The second kappa shape index (κ2) is 15.0. The Balaban J connectivity index is 1.28. The van der Waals surface area contributed by atoms with Gasteiger partial charge in [0.25, 0.3) is 0 Å². The van der Waals surface area contributed by atoms with E-state index in [-0.39, 0.29) is 0 Å². The molecule has 3 rings (SSSR count). The van der Waals surface area contributed by atoms with Crippen LogP contribution in [0, 0.1) is 17.8 Å². The van der Waals surface area contributed by atoms with Crippen LogP contribution >= 0.6 is 0 Å². The van der Waals surface area contributed by atoms with Gasteiger partial charge in [0.05, 0.1) is 0 Å². The quantitative estimate of drug-likeness (QED) is 0.201. The Morgan fingerprint density at radius 1 is 0.594 bits per heavy atom. The summed E-state index contributed by atoms with van der Waals surface area (Å²) in [6, 6.07) is 9.53. The predicted molar refractivity (Wildman–Crippen MR) is 142 cm³/mol. The second-order valence-corrected chi connectivity index (χ2v) is 11.2. The molecule has 0 saturated heterocycles. The van der Waals surface area contributed by atoms with Crippen molar-refractivity contribution in [2.45, 2.75) is 136 Å². The molecule has 0 amide bonds. The van der Waals surface area contributed by atoms with Gasteiger partial charge >= 0.3 is 0 Å². The zero-order chi connectivity index (χ0) is 22.4. The molecule has 1 unspecified atom stereocenters. The summed E-state index contributed by atoms with van der Waals surface area (Å²) < 4.78 is 0. The minimum absolute atomic E-state index is 0.976. The van der Waals surface area contributed by atoms with Crippen molar-refractivity contribution in [1.29, 1.82) is 0 Å². The van der Waals surface area contributed by atoms with Crippen molar-refractivity contribution in [3.8, 4) is 0 Å². The highest BCUT2D eigenvalue weighted by molar-refractivity contribution is 5.23. The average Bonchev–Trinajstić information content (AvgIpc) is 2.85. The summed E-state index contributed by atoms with van der Waals surface area (Å²) in [6.45, 7) is 4.63. The third-order valence-electron chi connectivity index (χ3n) is 8.61. The zero-order valence-corrected chi connectivity index (χ0v) is 21.6. The van der Waals surface area contributed by atoms with Crippen molar-refractivity contribution in [3.63, 3.8) is 0 Å². The lowest BCUT2D eigenvalue weighted by Crippen LogP contribution is -2.16. The highest BCUT2D eigenvalue weighted by Crippen LogP contribution is 2.37. The Bertz CT molecular complexity index is 629. The molecule has 1 aromatic rings. The molecule has 0 bridgehead atoms. The van der Waals surface area contributed by atoms with Gasteiger partial charge in [-0.3, -0.25) is 0 Å². The molecule has 1 fully saturated rings. The topological polar surface area (TPSA) is 0 Å². The lowest BCUT2D eigenvalue weighted by Gasteiger charge is -2.30. The first-order valence-corrected chi connectivity index (χ1v) is 14.5.